The van der Waals surface area contributed by atoms with Crippen LogP contribution in [-0.2, 0) is 20.8 Å². The Labute approximate surface area is 206 Å². The molecule has 3 aromatic carbocycles. The first kappa shape index (κ1) is 23.9. The predicted octanol–water partition coefficient (Wildman–Crippen LogP) is 4.82. The summed E-state index contributed by atoms with van der Waals surface area (Å²) in [7, 11) is 1.31. The van der Waals surface area contributed by atoms with E-state index in [1.807, 2.05) is 24.3 Å². The van der Waals surface area contributed by atoms with E-state index in [-0.39, 0.29) is 6.54 Å². The molecule has 7 nitrogen and oxygen atoms in total. The van der Waals surface area contributed by atoms with Gasteiger partial charge in [-0.2, -0.15) is 0 Å². The SMILES string of the molecule is COC(=O)c1ccc(CNC(=O)COC(=O)c2cc(-c3ccc(Cl)cc3)nc3ccccc23)cc1. The molecule has 4 aromatic rings. The van der Waals surface area contributed by atoms with Crippen molar-refractivity contribution in [1.29, 1.82) is 0 Å². The van der Waals surface area contributed by atoms with Gasteiger partial charge < -0.3 is 14.8 Å². The number of aromatic nitrogens is 1. The number of pyridine rings is 1. The van der Waals surface area contributed by atoms with Crippen LogP contribution >= 0.6 is 11.6 Å². The molecule has 0 radical (unpaired) electrons. The number of hydrogen-bond donors (Lipinski definition) is 1. The van der Waals surface area contributed by atoms with Crippen LogP contribution in [0.25, 0.3) is 22.2 Å². The van der Waals surface area contributed by atoms with Gasteiger partial charge in [0.15, 0.2) is 6.61 Å². The van der Waals surface area contributed by atoms with Crippen LogP contribution in [0.5, 0.6) is 0 Å². The lowest BCUT2D eigenvalue weighted by atomic mass is 10.0. The van der Waals surface area contributed by atoms with Gasteiger partial charge in [0.1, 0.15) is 0 Å². The standard InChI is InChI=1S/C27H21ClN2O5/c1-34-26(32)19-8-6-17(7-9-19)15-29-25(31)16-35-27(33)22-14-24(18-10-12-20(28)13-11-18)30-23-5-3-2-4-21(22)23/h2-14H,15-16H2,1H3,(H,29,31). The van der Waals surface area contributed by atoms with Crippen LogP contribution < -0.4 is 5.32 Å². The molecule has 0 aliphatic carbocycles. The highest BCUT2D eigenvalue weighted by molar-refractivity contribution is 6.30. The molecule has 8 heteroatoms. The molecule has 0 spiro atoms. The lowest BCUT2D eigenvalue weighted by molar-refractivity contribution is -0.124. The van der Waals surface area contributed by atoms with Gasteiger partial charge in [0.25, 0.3) is 5.91 Å². The van der Waals surface area contributed by atoms with Gasteiger partial charge in [0.2, 0.25) is 0 Å². The average molecular weight is 489 g/mol. The second-order valence-electron chi connectivity index (χ2n) is 7.62. The zero-order chi connectivity index (χ0) is 24.8. The van der Waals surface area contributed by atoms with Crippen LogP contribution in [0, 0.1) is 0 Å². The summed E-state index contributed by atoms with van der Waals surface area (Å²) in [6.07, 6.45) is 0. The zero-order valence-electron chi connectivity index (χ0n) is 18.8. The Morgan fingerprint density at radius 3 is 2.34 bits per heavy atom. The first-order valence-electron chi connectivity index (χ1n) is 10.7. The van der Waals surface area contributed by atoms with E-state index in [0.29, 0.717) is 32.7 Å². The monoisotopic (exact) mass is 488 g/mol. The molecule has 0 aliphatic rings. The molecular weight excluding hydrogens is 468 g/mol. The van der Waals surface area contributed by atoms with Gasteiger partial charge in [0, 0.05) is 22.5 Å². The topological polar surface area (TPSA) is 94.6 Å². The van der Waals surface area contributed by atoms with Crippen molar-refractivity contribution in [3.63, 3.8) is 0 Å². The lowest BCUT2D eigenvalue weighted by Crippen LogP contribution is -2.28. The zero-order valence-corrected chi connectivity index (χ0v) is 19.5. The number of carbonyl (C=O) groups excluding carboxylic acids is 3. The quantitative estimate of drug-likeness (QED) is 0.375. The van der Waals surface area contributed by atoms with Crippen LogP contribution in [0.3, 0.4) is 0 Å². The van der Waals surface area contributed by atoms with E-state index >= 15 is 0 Å². The Morgan fingerprint density at radius 2 is 1.63 bits per heavy atom. The number of nitrogens with one attached hydrogen (secondary N) is 1. The van der Waals surface area contributed by atoms with Crippen molar-refractivity contribution in [2.75, 3.05) is 13.7 Å². The average Bonchev–Trinajstić information content (AvgIpc) is 2.90. The van der Waals surface area contributed by atoms with Crippen molar-refractivity contribution < 1.29 is 23.9 Å². The first-order chi connectivity index (χ1) is 16.9. The molecule has 0 unspecified atom stereocenters. The van der Waals surface area contributed by atoms with Crippen LogP contribution in [0.15, 0.2) is 78.9 Å². The second-order valence-corrected chi connectivity index (χ2v) is 8.06. The van der Waals surface area contributed by atoms with Crippen molar-refractivity contribution in [3.8, 4) is 11.3 Å². The summed E-state index contributed by atoms with van der Waals surface area (Å²) in [5.41, 5.74) is 3.53. The van der Waals surface area contributed by atoms with E-state index in [2.05, 4.69) is 15.0 Å². The van der Waals surface area contributed by atoms with E-state index in [4.69, 9.17) is 16.3 Å². The Morgan fingerprint density at radius 1 is 0.914 bits per heavy atom. The molecule has 0 aliphatic heterocycles. The third-order valence-electron chi connectivity index (χ3n) is 5.28. The maximum Gasteiger partial charge on any atom is 0.339 e. The maximum atomic E-state index is 12.9. The van der Waals surface area contributed by atoms with Crippen LogP contribution in [0.1, 0.15) is 26.3 Å². The molecule has 0 saturated heterocycles. The minimum absolute atomic E-state index is 0.219. The number of fused-ring (bicyclic) bond motifs is 1. The smallest absolute Gasteiger partial charge is 0.339 e. The highest BCUT2D eigenvalue weighted by Gasteiger charge is 2.16. The van der Waals surface area contributed by atoms with Gasteiger partial charge in [0.05, 0.1) is 29.4 Å². The summed E-state index contributed by atoms with van der Waals surface area (Å²) in [4.78, 5) is 41.3. The van der Waals surface area contributed by atoms with E-state index in [1.165, 1.54) is 7.11 Å². The Hall–Kier alpha value is -4.23. The Balaban J connectivity index is 1.43. The summed E-state index contributed by atoms with van der Waals surface area (Å²) in [5, 5.41) is 3.91. The minimum Gasteiger partial charge on any atom is -0.465 e. The van der Waals surface area contributed by atoms with Crippen molar-refractivity contribution in [3.05, 3.63) is 101 Å². The number of esters is 2. The summed E-state index contributed by atoms with van der Waals surface area (Å²) in [6, 6.07) is 22.7. The number of rotatable bonds is 7. The number of methoxy groups -OCH3 is 1. The third kappa shape index (κ3) is 5.83. The molecule has 1 aromatic heterocycles. The van der Waals surface area contributed by atoms with Crippen molar-refractivity contribution >= 4 is 40.3 Å². The number of hydrogen-bond acceptors (Lipinski definition) is 6. The molecule has 176 valence electrons. The fourth-order valence-electron chi connectivity index (χ4n) is 3.45. The summed E-state index contributed by atoms with van der Waals surface area (Å²) < 4.78 is 9.96. The molecular formula is C27H21ClN2O5. The Kier molecular flexibility index (Phi) is 7.38. The molecule has 0 fully saturated rings. The number of para-hydroxylation sites is 1. The van der Waals surface area contributed by atoms with Gasteiger partial charge in [-0.05, 0) is 42.0 Å². The van der Waals surface area contributed by atoms with Gasteiger partial charge in [-0.15, -0.1) is 0 Å². The Bertz CT molecular complexity index is 1390. The number of ether oxygens (including phenoxy) is 2. The van der Waals surface area contributed by atoms with E-state index in [1.54, 1.807) is 54.6 Å². The van der Waals surface area contributed by atoms with Crippen molar-refractivity contribution in [1.82, 2.24) is 10.3 Å². The normalized spacial score (nSPS) is 10.6. The van der Waals surface area contributed by atoms with Crippen LogP contribution in [-0.4, -0.2) is 36.5 Å². The summed E-state index contributed by atoms with van der Waals surface area (Å²) in [5.74, 6) is -1.52. The van der Waals surface area contributed by atoms with Gasteiger partial charge >= 0.3 is 11.9 Å². The van der Waals surface area contributed by atoms with Gasteiger partial charge in [-0.25, -0.2) is 14.6 Å². The molecule has 35 heavy (non-hydrogen) atoms. The highest BCUT2D eigenvalue weighted by Crippen LogP contribution is 2.26. The molecule has 1 amide bonds. The summed E-state index contributed by atoms with van der Waals surface area (Å²) >= 11 is 5.99. The van der Waals surface area contributed by atoms with Crippen molar-refractivity contribution in [2.45, 2.75) is 6.54 Å². The van der Waals surface area contributed by atoms with E-state index in [0.717, 1.165) is 11.1 Å². The second kappa shape index (κ2) is 10.8. The molecule has 0 saturated carbocycles. The fourth-order valence-corrected chi connectivity index (χ4v) is 3.58. The largest absolute Gasteiger partial charge is 0.465 e. The first-order valence-corrected chi connectivity index (χ1v) is 11.1. The molecule has 0 bridgehead atoms. The van der Waals surface area contributed by atoms with E-state index < -0.39 is 24.5 Å². The summed E-state index contributed by atoms with van der Waals surface area (Å²) in [6.45, 7) is -0.219. The van der Waals surface area contributed by atoms with Gasteiger partial charge in [-0.1, -0.05) is 54.1 Å². The lowest BCUT2D eigenvalue weighted by Gasteiger charge is -2.11. The molecule has 4 rings (SSSR count). The number of amides is 1. The third-order valence-corrected chi connectivity index (χ3v) is 5.53. The number of nitrogens with zero attached hydrogens (tertiary/aromatic N) is 1. The molecule has 1 N–H and O–H groups in total. The van der Waals surface area contributed by atoms with E-state index in [9.17, 15) is 14.4 Å². The van der Waals surface area contributed by atoms with Crippen LogP contribution in [0.4, 0.5) is 0 Å². The van der Waals surface area contributed by atoms with Crippen molar-refractivity contribution in [2.24, 2.45) is 0 Å². The fraction of sp³-hybridized carbons (Fsp3) is 0.111. The predicted molar refractivity (Wildman–Crippen MR) is 132 cm³/mol. The molecule has 1 heterocycles. The van der Waals surface area contributed by atoms with Crippen LogP contribution in [0.2, 0.25) is 5.02 Å². The highest BCUT2D eigenvalue weighted by atomic mass is 35.5. The number of carbonyl (C=O) groups is 3. The van der Waals surface area contributed by atoms with Gasteiger partial charge in [-0.3, -0.25) is 4.79 Å². The minimum atomic E-state index is -0.628. The number of benzene rings is 3. The number of halogens is 1. The maximum absolute atomic E-state index is 12.9. The molecule has 0 atom stereocenters.